The molecule has 9 heteroatoms. The van der Waals surface area contributed by atoms with E-state index in [1.807, 2.05) is 0 Å². The highest BCUT2D eigenvalue weighted by Crippen LogP contribution is 2.51. The summed E-state index contributed by atoms with van der Waals surface area (Å²) in [6.07, 6.45) is -0.182. The number of carbonyl (C=O) groups is 3. The zero-order chi connectivity index (χ0) is 25.9. The van der Waals surface area contributed by atoms with Crippen molar-refractivity contribution < 1.29 is 39.2 Å². The number of nitrogens with two attached hydrogens (primary N) is 1. The second-order valence-electron chi connectivity index (χ2n) is 9.13. The van der Waals surface area contributed by atoms with Crippen molar-refractivity contribution in [3.8, 4) is 17.6 Å². The fourth-order valence-electron chi connectivity index (χ4n) is 5.43. The number of phenols is 1. The number of benzene rings is 2. The van der Waals surface area contributed by atoms with Crippen molar-refractivity contribution in [1.82, 2.24) is 0 Å². The lowest BCUT2D eigenvalue weighted by Gasteiger charge is -2.45. The van der Waals surface area contributed by atoms with Gasteiger partial charge in [-0.2, -0.15) is 0 Å². The predicted molar refractivity (Wildman–Crippen MR) is 123 cm³/mol. The Morgan fingerprint density at radius 1 is 1.03 bits per heavy atom. The van der Waals surface area contributed by atoms with Crippen LogP contribution in [0.5, 0.6) is 5.75 Å². The highest BCUT2D eigenvalue weighted by atomic mass is 19.1. The summed E-state index contributed by atoms with van der Waals surface area (Å²) in [5.41, 5.74) is 2.25. The van der Waals surface area contributed by atoms with E-state index in [0.29, 0.717) is 11.1 Å². The van der Waals surface area contributed by atoms with Gasteiger partial charge in [0.1, 0.15) is 28.7 Å². The quantitative estimate of drug-likeness (QED) is 0.303. The SMILES string of the molecule is NC(=O)C1=C(O)C[C@@H]2C[C@@H]3Cc4c(C#Cc5ccccc5F)ccc(O)c4C(=O)C3=C(O)[C@]2(O)C1=O. The van der Waals surface area contributed by atoms with Gasteiger partial charge < -0.3 is 26.2 Å². The van der Waals surface area contributed by atoms with Crippen LogP contribution in [0.3, 0.4) is 0 Å². The van der Waals surface area contributed by atoms with Crippen molar-refractivity contribution in [3.05, 3.63) is 87.1 Å². The standard InChI is InChI=1S/C27H20FNO7/c28-17-4-2-1-3-13(17)6-5-12-7-8-18(30)21-16(12)10-14-9-15-11-19(31)22(26(29)35)25(34)27(15,36)24(33)20(14)23(21)32/h1-4,7-8,14-15,30-31,33,36H,9-11H2,(H2,29,35)/t14-,15+,27+/m1/s1. The Morgan fingerprint density at radius 2 is 1.72 bits per heavy atom. The topological polar surface area (TPSA) is 158 Å². The first-order valence-corrected chi connectivity index (χ1v) is 11.1. The summed E-state index contributed by atoms with van der Waals surface area (Å²) in [6.45, 7) is 0. The lowest BCUT2D eigenvalue weighted by atomic mass is 9.60. The highest BCUT2D eigenvalue weighted by molar-refractivity contribution is 6.24. The predicted octanol–water partition coefficient (Wildman–Crippen LogP) is 2.12. The van der Waals surface area contributed by atoms with E-state index in [2.05, 4.69) is 11.8 Å². The van der Waals surface area contributed by atoms with E-state index < -0.39 is 57.8 Å². The molecule has 0 bridgehead atoms. The molecule has 5 rings (SSSR count). The Labute approximate surface area is 204 Å². The van der Waals surface area contributed by atoms with Crippen LogP contribution in [0.1, 0.15) is 39.9 Å². The summed E-state index contributed by atoms with van der Waals surface area (Å²) < 4.78 is 14.0. The van der Waals surface area contributed by atoms with Gasteiger partial charge >= 0.3 is 0 Å². The molecule has 36 heavy (non-hydrogen) atoms. The molecule has 0 saturated carbocycles. The summed E-state index contributed by atoms with van der Waals surface area (Å²) in [7, 11) is 0. The summed E-state index contributed by atoms with van der Waals surface area (Å²) >= 11 is 0. The molecule has 3 aliphatic rings. The molecule has 0 unspecified atom stereocenters. The second-order valence-corrected chi connectivity index (χ2v) is 9.13. The number of allylic oxidation sites excluding steroid dienone is 2. The Balaban J connectivity index is 1.64. The number of phenolic OH excluding ortho intramolecular Hbond substituents is 1. The summed E-state index contributed by atoms with van der Waals surface area (Å²) in [6, 6.07) is 8.68. The number of Topliss-reactive ketones (excluding diaryl/α,β-unsaturated/α-hetero) is 2. The molecule has 3 atom stereocenters. The van der Waals surface area contributed by atoms with Gasteiger partial charge in [-0.15, -0.1) is 0 Å². The zero-order valence-corrected chi connectivity index (χ0v) is 18.7. The molecule has 0 heterocycles. The number of aliphatic hydroxyl groups excluding tert-OH is 2. The van der Waals surface area contributed by atoms with Crippen LogP contribution in [-0.4, -0.2) is 43.5 Å². The molecule has 0 saturated heterocycles. The first kappa shape index (κ1) is 23.3. The summed E-state index contributed by atoms with van der Waals surface area (Å²) in [5, 5.41) is 43.0. The fraction of sp³-hybridized carbons (Fsp3) is 0.222. The van der Waals surface area contributed by atoms with Gasteiger partial charge in [-0.3, -0.25) is 14.4 Å². The fourth-order valence-corrected chi connectivity index (χ4v) is 5.43. The molecule has 2 aromatic carbocycles. The van der Waals surface area contributed by atoms with Crippen LogP contribution < -0.4 is 5.73 Å². The van der Waals surface area contributed by atoms with Crippen molar-refractivity contribution in [2.75, 3.05) is 0 Å². The summed E-state index contributed by atoms with van der Waals surface area (Å²) in [5.74, 6) is -1.88. The number of carbonyl (C=O) groups excluding carboxylic acids is 3. The molecule has 0 aromatic heterocycles. The monoisotopic (exact) mass is 489 g/mol. The van der Waals surface area contributed by atoms with Gasteiger partial charge in [-0.25, -0.2) is 4.39 Å². The normalized spacial score (nSPS) is 24.9. The van der Waals surface area contributed by atoms with Gasteiger partial charge in [0.2, 0.25) is 5.78 Å². The maximum Gasteiger partial charge on any atom is 0.255 e. The Morgan fingerprint density at radius 3 is 2.42 bits per heavy atom. The number of rotatable bonds is 1. The minimum atomic E-state index is -2.62. The summed E-state index contributed by atoms with van der Waals surface area (Å²) in [4.78, 5) is 38.2. The van der Waals surface area contributed by atoms with Crippen molar-refractivity contribution in [2.45, 2.75) is 24.9 Å². The molecule has 2 aromatic rings. The van der Waals surface area contributed by atoms with Gasteiger partial charge in [-0.05, 0) is 48.6 Å². The first-order chi connectivity index (χ1) is 17.1. The van der Waals surface area contributed by atoms with E-state index in [4.69, 9.17) is 5.73 Å². The lowest BCUT2D eigenvalue weighted by Crippen LogP contribution is -2.57. The van der Waals surface area contributed by atoms with Gasteiger partial charge in [-0.1, -0.05) is 24.0 Å². The van der Waals surface area contributed by atoms with Crippen LogP contribution >= 0.6 is 0 Å². The van der Waals surface area contributed by atoms with Crippen LogP contribution in [0.15, 0.2) is 59.1 Å². The Bertz CT molecular complexity index is 1510. The van der Waals surface area contributed by atoms with E-state index in [1.165, 1.54) is 30.3 Å². The molecule has 0 radical (unpaired) electrons. The van der Waals surface area contributed by atoms with Crippen LogP contribution in [0, 0.1) is 29.5 Å². The number of halogens is 1. The van der Waals surface area contributed by atoms with Gasteiger partial charge in [0, 0.05) is 23.5 Å². The maximum atomic E-state index is 14.0. The minimum absolute atomic E-state index is 0.0127. The van der Waals surface area contributed by atoms with E-state index in [-0.39, 0.29) is 41.7 Å². The minimum Gasteiger partial charge on any atom is -0.511 e. The molecule has 0 fully saturated rings. The molecule has 0 spiro atoms. The van der Waals surface area contributed by atoms with Crippen LogP contribution in [-0.2, 0) is 16.0 Å². The van der Waals surface area contributed by atoms with Crippen molar-refractivity contribution in [1.29, 1.82) is 0 Å². The molecule has 6 N–H and O–H groups in total. The average molecular weight is 489 g/mol. The number of amides is 1. The van der Waals surface area contributed by atoms with Crippen LogP contribution in [0.2, 0.25) is 0 Å². The third kappa shape index (κ3) is 3.22. The maximum absolute atomic E-state index is 14.0. The van der Waals surface area contributed by atoms with Crippen LogP contribution in [0.4, 0.5) is 4.39 Å². The van der Waals surface area contributed by atoms with Crippen molar-refractivity contribution in [3.63, 3.8) is 0 Å². The molecule has 8 nitrogen and oxygen atoms in total. The molecule has 3 aliphatic carbocycles. The number of ketones is 2. The Kier molecular flexibility index (Phi) is 5.23. The van der Waals surface area contributed by atoms with Gasteiger partial charge in [0.05, 0.1) is 11.1 Å². The van der Waals surface area contributed by atoms with E-state index in [1.54, 1.807) is 6.07 Å². The molecule has 0 aliphatic heterocycles. The molecular weight excluding hydrogens is 469 g/mol. The number of hydrogen-bond donors (Lipinski definition) is 5. The number of hydrogen-bond acceptors (Lipinski definition) is 7. The zero-order valence-electron chi connectivity index (χ0n) is 18.7. The van der Waals surface area contributed by atoms with Gasteiger partial charge in [0.25, 0.3) is 5.91 Å². The third-order valence-corrected chi connectivity index (χ3v) is 7.15. The average Bonchev–Trinajstić information content (AvgIpc) is 2.81. The van der Waals surface area contributed by atoms with E-state index in [0.717, 1.165) is 0 Å². The molecule has 182 valence electrons. The number of aliphatic hydroxyl groups is 3. The van der Waals surface area contributed by atoms with Crippen LogP contribution in [0.25, 0.3) is 0 Å². The van der Waals surface area contributed by atoms with Gasteiger partial charge in [0.15, 0.2) is 11.4 Å². The van der Waals surface area contributed by atoms with Crippen molar-refractivity contribution >= 4 is 17.5 Å². The number of primary amides is 1. The van der Waals surface area contributed by atoms with E-state index in [9.17, 15) is 39.2 Å². The molecule has 1 amide bonds. The third-order valence-electron chi connectivity index (χ3n) is 7.15. The smallest absolute Gasteiger partial charge is 0.255 e. The highest BCUT2D eigenvalue weighted by Gasteiger charge is 2.59. The van der Waals surface area contributed by atoms with E-state index >= 15 is 0 Å². The largest absolute Gasteiger partial charge is 0.511 e. The number of aromatic hydroxyl groups is 1. The Hall–Kier alpha value is -4.42. The lowest BCUT2D eigenvalue weighted by molar-refractivity contribution is -0.144. The second kappa shape index (κ2) is 8.07. The number of fused-ring (bicyclic) bond motifs is 3. The van der Waals surface area contributed by atoms with Crippen molar-refractivity contribution in [2.24, 2.45) is 17.6 Å². The molecular formula is C27H20FNO7. The first-order valence-electron chi connectivity index (χ1n) is 11.1.